The van der Waals surface area contributed by atoms with Crippen molar-refractivity contribution in [2.75, 3.05) is 26.9 Å². The lowest BCUT2D eigenvalue weighted by molar-refractivity contribution is 0.0916. The smallest absolute Gasteiger partial charge is 0.272 e. The number of nitrogens with zero attached hydrogens (tertiary/aromatic N) is 2. The average Bonchev–Trinajstić information content (AvgIpc) is 2.72. The first-order valence-corrected chi connectivity index (χ1v) is 10.2. The zero-order chi connectivity index (χ0) is 22.1. The second-order valence-corrected chi connectivity index (χ2v) is 7.04. The van der Waals surface area contributed by atoms with Crippen LogP contribution in [0.1, 0.15) is 49.8 Å². The van der Waals surface area contributed by atoms with Crippen LogP contribution in [0.4, 0.5) is 0 Å². The minimum absolute atomic E-state index is 0.112. The number of rotatable bonds is 11. The third-order valence-electron chi connectivity index (χ3n) is 4.49. The first-order chi connectivity index (χ1) is 14.4. The Morgan fingerprint density at radius 3 is 2.43 bits per heavy atom. The van der Waals surface area contributed by atoms with Gasteiger partial charge in [-0.1, -0.05) is 19.9 Å². The summed E-state index contributed by atoms with van der Waals surface area (Å²) in [6, 6.07) is 8.18. The van der Waals surface area contributed by atoms with E-state index in [4.69, 9.17) is 14.2 Å². The number of carbonyl (C=O) groups excluding carboxylic acids is 1. The van der Waals surface area contributed by atoms with E-state index in [1.54, 1.807) is 7.11 Å². The van der Waals surface area contributed by atoms with Gasteiger partial charge < -0.3 is 19.5 Å². The van der Waals surface area contributed by atoms with Crippen molar-refractivity contribution in [2.24, 2.45) is 5.92 Å². The predicted molar refractivity (Wildman–Crippen MR) is 114 cm³/mol. The molecule has 8 nitrogen and oxygen atoms in total. The Balaban J connectivity index is 2.28. The van der Waals surface area contributed by atoms with Crippen molar-refractivity contribution in [1.29, 1.82) is 0 Å². The molecule has 1 aromatic carbocycles. The Morgan fingerprint density at radius 1 is 1.10 bits per heavy atom. The van der Waals surface area contributed by atoms with Crippen molar-refractivity contribution in [1.82, 2.24) is 15.1 Å². The van der Waals surface area contributed by atoms with Gasteiger partial charge >= 0.3 is 0 Å². The molecular formula is C22H31N3O5. The average molecular weight is 418 g/mol. The number of hydrogen-bond donors (Lipinski definition) is 1. The highest BCUT2D eigenvalue weighted by Gasteiger charge is 2.22. The van der Waals surface area contributed by atoms with Crippen molar-refractivity contribution >= 4 is 5.91 Å². The molecule has 0 aliphatic rings. The molecule has 0 saturated heterocycles. The van der Waals surface area contributed by atoms with Gasteiger partial charge in [-0.15, -0.1) is 0 Å². The lowest BCUT2D eigenvalue weighted by Crippen LogP contribution is -2.34. The van der Waals surface area contributed by atoms with E-state index in [2.05, 4.69) is 10.4 Å². The molecule has 0 saturated carbocycles. The van der Waals surface area contributed by atoms with Gasteiger partial charge in [-0.3, -0.25) is 9.59 Å². The number of ether oxygens (including phenoxy) is 3. The molecule has 0 radical (unpaired) electrons. The monoisotopic (exact) mass is 417 g/mol. The summed E-state index contributed by atoms with van der Waals surface area (Å²) < 4.78 is 17.6. The van der Waals surface area contributed by atoms with Gasteiger partial charge in [0, 0.05) is 13.2 Å². The van der Waals surface area contributed by atoms with Gasteiger partial charge in [0.25, 0.3) is 11.5 Å². The molecule has 2 rings (SSSR count). The van der Waals surface area contributed by atoms with Crippen LogP contribution in [0.5, 0.6) is 11.5 Å². The normalized spacial score (nSPS) is 11.9. The van der Waals surface area contributed by atoms with Crippen LogP contribution in [-0.2, 0) is 11.3 Å². The van der Waals surface area contributed by atoms with Crippen LogP contribution in [0.3, 0.4) is 0 Å². The standard InChI is InChI=1S/C22H31N3O5/c1-6-29-18-10-8-16(14-19(18)30-7-2)21(15(3)4)23-22(27)17-9-11-20(26)25(24-17)12-13-28-5/h8-11,14-15,21H,6-7,12-13H2,1-5H3,(H,23,27). The molecule has 164 valence electrons. The summed E-state index contributed by atoms with van der Waals surface area (Å²) in [7, 11) is 1.54. The zero-order valence-electron chi connectivity index (χ0n) is 18.3. The van der Waals surface area contributed by atoms with E-state index in [0.717, 1.165) is 5.56 Å². The highest BCUT2D eigenvalue weighted by molar-refractivity contribution is 5.92. The fourth-order valence-corrected chi connectivity index (χ4v) is 3.02. The molecule has 8 heteroatoms. The summed E-state index contributed by atoms with van der Waals surface area (Å²) in [4.78, 5) is 24.8. The van der Waals surface area contributed by atoms with E-state index in [1.807, 2.05) is 45.9 Å². The largest absolute Gasteiger partial charge is 0.490 e. The maximum absolute atomic E-state index is 12.9. The second kappa shape index (κ2) is 11.3. The van der Waals surface area contributed by atoms with Crippen LogP contribution in [-0.4, -0.2) is 42.6 Å². The van der Waals surface area contributed by atoms with Crippen LogP contribution in [0, 0.1) is 5.92 Å². The van der Waals surface area contributed by atoms with Crippen LogP contribution in [0.2, 0.25) is 0 Å². The summed E-state index contributed by atoms with van der Waals surface area (Å²) in [5, 5.41) is 7.20. The van der Waals surface area contributed by atoms with E-state index < -0.39 is 0 Å². The van der Waals surface area contributed by atoms with Gasteiger partial charge in [-0.25, -0.2) is 4.68 Å². The van der Waals surface area contributed by atoms with Crippen LogP contribution < -0.4 is 20.3 Å². The molecule has 0 aliphatic heterocycles. The van der Waals surface area contributed by atoms with Crippen LogP contribution in [0.15, 0.2) is 35.1 Å². The van der Waals surface area contributed by atoms with Crippen LogP contribution in [0.25, 0.3) is 0 Å². The topological polar surface area (TPSA) is 91.7 Å². The Morgan fingerprint density at radius 2 is 1.80 bits per heavy atom. The van der Waals surface area contributed by atoms with Gasteiger partial charge in [0.1, 0.15) is 5.69 Å². The highest BCUT2D eigenvalue weighted by Crippen LogP contribution is 2.33. The summed E-state index contributed by atoms with van der Waals surface area (Å²) >= 11 is 0. The number of amides is 1. The maximum Gasteiger partial charge on any atom is 0.272 e. The first kappa shape index (κ1) is 23.4. The Labute approximate surface area is 177 Å². The molecule has 0 fully saturated rings. The molecule has 1 atom stereocenters. The Bertz CT molecular complexity index is 895. The lowest BCUT2D eigenvalue weighted by atomic mass is 9.95. The summed E-state index contributed by atoms with van der Waals surface area (Å²) in [5.74, 6) is 1.07. The van der Waals surface area contributed by atoms with Crippen molar-refractivity contribution in [3.63, 3.8) is 0 Å². The lowest BCUT2D eigenvalue weighted by Gasteiger charge is -2.24. The number of aromatic nitrogens is 2. The Hall–Kier alpha value is -2.87. The number of benzene rings is 1. The van der Waals surface area contributed by atoms with Crippen molar-refractivity contribution < 1.29 is 19.0 Å². The molecule has 0 aliphatic carbocycles. The van der Waals surface area contributed by atoms with Gasteiger partial charge in [0.2, 0.25) is 0 Å². The summed E-state index contributed by atoms with van der Waals surface area (Å²) in [6.07, 6.45) is 0. The molecular weight excluding hydrogens is 386 g/mol. The number of nitrogens with one attached hydrogen (secondary N) is 1. The summed E-state index contributed by atoms with van der Waals surface area (Å²) in [5.41, 5.74) is 0.794. The molecule has 1 heterocycles. The maximum atomic E-state index is 12.9. The van der Waals surface area contributed by atoms with Crippen molar-refractivity contribution in [3.05, 3.63) is 51.9 Å². The zero-order valence-corrected chi connectivity index (χ0v) is 18.3. The molecule has 30 heavy (non-hydrogen) atoms. The van der Waals surface area contributed by atoms with Gasteiger partial charge in [0.05, 0.1) is 32.4 Å². The van der Waals surface area contributed by atoms with E-state index in [0.29, 0.717) is 31.3 Å². The van der Waals surface area contributed by atoms with E-state index in [-0.39, 0.29) is 35.7 Å². The van der Waals surface area contributed by atoms with Gasteiger partial charge in [0.15, 0.2) is 11.5 Å². The van der Waals surface area contributed by atoms with E-state index in [1.165, 1.54) is 16.8 Å². The number of methoxy groups -OCH3 is 1. The molecule has 0 bridgehead atoms. The molecule has 1 aromatic heterocycles. The SMILES string of the molecule is CCOc1ccc(C(NC(=O)c2ccc(=O)n(CCOC)n2)C(C)C)cc1OCC. The molecule has 1 unspecified atom stereocenters. The third kappa shape index (κ3) is 6.06. The Kier molecular flexibility index (Phi) is 8.86. The van der Waals surface area contributed by atoms with Crippen LogP contribution >= 0.6 is 0 Å². The molecule has 0 spiro atoms. The van der Waals surface area contributed by atoms with Crippen molar-refractivity contribution in [3.8, 4) is 11.5 Å². The fourth-order valence-electron chi connectivity index (χ4n) is 3.02. The minimum Gasteiger partial charge on any atom is -0.490 e. The second-order valence-electron chi connectivity index (χ2n) is 7.04. The first-order valence-electron chi connectivity index (χ1n) is 10.2. The number of hydrogen-bond acceptors (Lipinski definition) is 6. The molecule has 1 N–H and O–H groups in total. The minimum atomic E-state index is -0.355. The quantitative estimate of drug-likeness (QED) is 0.605. The highest BCUT2D eigenvalue weighted by atomic mass is 16.5. The third-order valence-corrected chi connectivity index (χ3v) is 4.49. The molecule has 2 aromatic rings. The summed E-state index contributed by atoms with van der Waals surface area (Å²) in [6.45, 7) is 9.53. The van der Waals surface area contributed by atoms with E-state index in [9.17, 15) is 9.59 Å². The molecule has 1 amide bonds. The van der Waals surface area contributed by atoms with E-state index >= 15 is 0 Å². The van der Waals surface area contributed by atoms with Gasteiger partial charge in [-0.2, -0.15) is 5.10 Å². The fraction of sp³-hybridized carbons (Fsp3) is 0.500. The van der Waals surface area contributed by atoms with Crippen molar-refractivity contribution in [2.45, 2.75) is 40.3 Å². The van der Waals surface area contributed by atoms with Gasteiger partial charge in [-0.05, 0) is 43.5 Å². The number of carbonyl (C=O) groups is 1. The predicted octanol–water partition coefficient (Wildman–Crippen LogP) is 2.81.